The molecular formula is C8H18SZn. The Balaban J connectivity index is 0. The molecule has 0 N–H and O–H groups in total. The largest absolute Gasteiger partial charge is 2.00 e. The van der Waals surface area contributed by atoms with Crippen molar-refractivity contribution in [2.45, 2.75) is 49.6 Å². The van der Waals surface area contributed by atoms with Gasteiger partial charge in [-0.05, 0) is 0 Å². The summed E-state index contributed by atoms with van der Waals surface area (Å²) >= 11 is 0.0146. The molecule has 10 heavy (non-hydrogen) atoms. The Labute approximate surface area is 80.2 Å². The molecule has 0 aliphatic heterocycles. The summed E-state index contributed by atoms with van der Waals surface area (Å²) in [6, 6.07) is 0. The van der Waals surface area contributed by atoms with Gasteiger partial charge >= 0.3 is 66.7 Å². The molecule has 0 spiro atoms. The summed E-state index contributed by atoms with van der Waals surface area (Å²) in [7, 11) is 0. The Morgan fingerprint density at radius 2 is 1.30 bits per heavy atom. The van der Waals surface area contributed by atoms with Crippen LogP contribution in [0.1, 0.15) is 39.5 Å². The number of unbranched alkanes of at least 4 members (excludes halogenated alkanes) is 2. The van der Waals surface area contributed by atoms with E-state index in [0.717, 1.165) is 0 Å². The minimum Gasteiger partial charge on any atom is -2.00 e. The van der Waals surface area contributed by atoms with Crippen LogP contribution in [0.4, 0.5) is 0 Å². The first-order chi connectivity index (χ1) is 4.41. The van der Waals surface area contributed by atoms with Gasteiger partial charge in [-0.3, -0.25) is 0 Å². The molecule has 0 heterocycles. The molecule has 58 valence electrons. The van der Waals surface area contributed by atoms with Gasteiger partial charge in [0.15, 0.2) is 0 Å². The van der Waals surface area contributed by atoms with E-state index >= 15 is 0 Å². The number of hydrogen-bond acceptors (Lipinski definition) is 0. The standard InChI is InChI=1S/2C4H9.S.Zn/c2*1-3-4-2;;/h2*1,3-4H2,2H3;;/q;;-2;+2. The summed E-state index contributed by atoms with van der Waals surface area (Å²) in [5.41, 5.74) is 0. The maximum atomic E-state index is 2.29. The predicted molar refractivity (Wildman–Crippen MR) is 46.8 cm³/mol. The fourth-order valence-electron chi connectivity index (χ4n) is 1.03. The molecule has 0 aromatic heterocycles. The van der Waals surface area contributed by atoms with Crippen molar-refractivity contribution in [1.29, 1.82) is 0 Å². The van der Waals surface area contributed by atoms with Crippen LogP contribution in [0.2, 0.25) is 10.0 Å². The third-order valence-corrected chi connectivity index (χ3v) is 5.90. The molecule has 0 bridgehead atoms. The zero-order chi connectivity index (χ0) is 6.95. The summed E-state index contributed by atoms with van der Waals surface area (Å²) in [5, 5.41) is 3.28. The van der Waals surface area contributed by atoms with Gasteiger partial charge in [0.1, 0.15) is 0 Å². The first kappa shape index (κ1) is 13.6. The molecule has 0 saturated heterocycles. The van der Waals surface area contributed by atoms with E-state index in [2.05, 4.69) is 13.8 Å². The SMILES string of the molecule is CCC[CH2][Zn+2][CH2]CCC.[S-2]. The van der Waals surface area contributed by atoms with Crippen LogP contribution in [0, 0.1) is 0 Å². The monoisotopic (exact) mass is 210 g/mol. The van der Waals surface area contributed by atoms with Crippen molar-refractivity contribution in [1.82, 2.24) is 0 Å². The van der Waals surface area contributed by atoms with Crippen LogP contribution < -0.4 is 0 Å². The minimum atomic E-state index is 0. The summed E-state index contributed by atoms with van der Waals surface area (Å²) in [6.07, 6.45) is 5.86. The molecule has 0 radical (unpaired) electrons. The molecule has 0 aliphatic carbocycles. The molecule has 0 amide bonds. The van der Waals surface area contributed by atoms with Crippen LogP contribution in [0.15, 0.2) is 0 Å². The van der Waals surface area contributed by atoms with E-state index < -0.39 is 0 Å². The Kier molecular flexibility index (Phi) is 17.1. The van der Waals surface area contributed by atoms with E-state index in [9.17, 15) is 0 Å². The van der Waals surface area contributed by atoms with Gasteiger partial charge in [0, 0.05) is 0 Å². The molecule has 0 fully saturated rings. The Morgan fingerprint density at radius 1 is 0.900 bits per heavy atom. The van der Waals surface area contributed by atoms with Gasteiger partial charge in [0.25, 0.3) is 0 Å². The number of rotatable bonds is 6. The molecule has 2 heteroatoms. The van der Waals surface area contributed by atoms with Crippen molar-refractivity contribution < 1.29 is 17.1 Å². The maximum absolute atomic E-state index is 2.29. The molecule has 0 aromatic carbocycles. The van der Waals surface area contributed by atoms with E-state index in [1.807, 2.05) is 0 Å². The predicted octanol–water partition coefficient (Wildman–Crippen LogP) is 3.50. The Hall–Kier alpha value is 0.973. The molecule has 0 atom stereocenters. The van der Waals surface area contributed by atoms with Crippen LogP contribution in [0.25, 0.3) is 0 Å². The van der Waals surface area contributed by atoms with Gasteiger partial charge < -0.3 is 13.5 Å². The second-order valence-electron chi connectivity index (χ2n) is 2.77. The van der Waals surface area contributed by atoms with E-state index in [1.165, 1.54) is 25.7 Å². The van der Waals surface area contributed by atoms with E-state index in [4.69, 9.17) is 0 Å². The van der Waals surface area contributed by atoms with Crippen molar-refractivity contribution in [3.05, 3.63) is 0 Å². The van der Waals surface area contributed by atoms with Crippen LogP contribution >= 0.6 is 0 Å². The zero-order valence-corrected chi connectivity index (χ0v) is 11.1. The van der Waals surface area contributed by atoms with Crippen LogP contribution in [-0.4, -0.2) is 0 Å². The minimum absolute atomic E-state index is 0. The van der Waals surface area contributed by atoms with Crippen molar-refractivity contribution in [2.24, 2.45) is 0 Å². The maximum Gasteiger partial charge on any atom is -2.00 e. The second kappa shape index (κ2) is 12.6. The van der Waals surface area contributed by atoms with Gasteiger partial charge in [0.2, 0.25) is 0 Å². The van der Waals surface area contributed by atoms with E-state index in [1.54, 1.807) is 10.0 Å². The average molecular weight is 212 g/mol. The van der Waals surface area contributed by atoms with Crippen LogP contribution in [0.3, 0.4) is 0 Å². The number of hydrogen-bond donors (Lipinski definition) is 0. The third kappa shape index (κ3) is 11.7. The molecule has 0 saturated carbocycles. The van der Waals surface area contributed by atoms with Crippen molar-refractivity contribution >= 4 is 13.5 Å². The molecule has 0 unspecified atom stereocenters. The molecule has 0 rings (SSSR count). The third-order valence-electron chi connectivity index (χ3n) is 1.71. The smallest absolute Gasteiger partial charge is 2.00 e. The zero-order valence-electron chi connectivity index (χ0n) is 7.36. The summed E-state index contributed by atoms with van der Waals surface area (Å²) in [6.45, 7) is 4.59. The normalized spacial score (nSPS) is 9.40. The fraction of sp³-hybridized carbons (Fsp3) is 1.00. The molecular weight excluding hydrogens is 194 g/mol. The fourth-order valence-corrected chi connectivity index (χ4v) is 5.35. The molecule has 0 aromatic rings. The van der Waals surface area contributed by atoms with Gasteiger partial charge in [-0.1, -0.05) is 0 Å². The van der Waals surface area contributed by atoms with Gasteiger partial charge in [-0.25, -0.2) is 0 Å². The van der Waals surface area contributed by atoms with Gasteiger partial charge in [-0.15, -0.1) is 0 Å². The second-order valence-corrected chi connectivity index (χ2v) is 7.22. The molecule has 0 nitrogen and oxygen atoms in total. The average Bonchev–Trinajstić information content (AvgIpc) is 1.89. The topological polar surface area (TPSA) is 0 Å². The van der Waals surface area contributed by atoms with Crippen molar-refractivity contribution in [2.75, 3.05) is 0 Å². The van der Waals surface area contributed by atoms with E-state index in [0.29, 0.717) is 0 Å². The van der Waals surface area contributed by atoms with Crippen LogP contribution in [-0.2, 0) is 30.6 Å². The summed E-state index contributed by atoms with van der Waals surface area (Å²) in [4.78, 5) is 0. The van der Waals surface area contributed by atoms with E-state index in [-0.39, 0.29) is 30.6 Å². The summed E-state index contributed by atoms with van der Waals surface area (Å²) in [5.74, 6) is 0. The van der Waals surface area contributed by atoms with Gasteiger partial charge in [-0.2, -0.15) is 0 Å². The first-order valence-corrected chi connectivity index (χ1v) is 8.61. The first-order valence-electron chi connectivity index (χ1n) is 4.41. The molecule has 0 aliphatic rings. The van der Waals surface area contributed by atoms with Crippen molar-refractivity contribution in [3.8, 4) is 0 Å². The van der Waals surface area contributed by atoms with Crippen molar-refractivity contribution in [3.63, 3.8) is 0 Å². The van der Waals surface area contributed by atoms with Crippen LogP contribution in [0.5, 0.6) is 0 Å². The summed E-state index contributed by atoms with van der Waals surface area (Å²) < 4.78 is 0. The Morgan fingerprint density at radius 3 is 1.60 bits per heavy atom. The quantitative estimate of drug-likeness (QED) is 0.466. The Bertz CT molecular complexity index is 42.5. The van der Waals surface area contributed by atoms with Gasteiger partial charge in [0.05, 0.1) is 0 Å².